The van der Waals surface area contributed by atoms with E-state index in [-0.39, 0.29) is 12.5 Å². The minimum atomic E-state index is -0.0861. The highest BCUT2D eigenvalue weighted by atomic mass is 16.3. The third kappa shape index (κ3) is 3.64. The largest absolute Gasteiger partial charge is 0.395 e. The van der Waals surface area contributed by atoms with Crippen LogP contribution >= 0.6 is 0 Å². The molecule has 1 heterocycles. The molecule has 4 heteroatoms. The molecule has 0 aliphatic heterocycles. The lowest BCUT2D eigenvalue weighted by atomic mass is 10.1. The molecule has 0 fully saturated rings. The SMILES string of the molecule is C=CCN(CCO)C(=O)c1cn(Cc2ccccc2)c2ccccc12. The first kappa shape index (κ1) is 17.0. The summed E-state index contributed by atoms with van der Waals surface area (Å²) in [6.45, 7) is 5.05. The standard InChI is InChI=1S/C21H22N2O2/c1-2-12-22(13-14-24)21(25)19-16-23(15-17-8-4-3-5-9-17)20-11-7-6-10-18(19)20/h2-11,16,24H,1,12-15H2. The van der Waals surface area contributed by atoms with Crippen LogP contribution in [0.4, 0.5) is 0 Å². The minimum Gasteiger partial charge on any atom is -0.395 e. The molecule has 0 saturated carbocycles. The van der Waals surface area contributed by atoms with Crippen molar-refractivity contribution < 1.29 is 9.90 Å². The lowest BCUT2D eigenvalue weighted by molar-refractivity contribution is 0.0744. The molecule has 1 aromatic heterocycles. The Morgan fingerprint density at radius 1 is 1.12 bits per heavy atom. The van der Waals surface area contributed by atoms with Crippen LogP contribution in [0.15, 0.2) is 73.4 Å². The van der Waals surface area contributed by atoms with Crippen molar-refractivity contribution in [2.45, 2.75) is 6.54 Å². The van der Waals surface area contributed by atoms with E-state index in [1.807, 2.05) is 48.7 Å². The second-order valence-corrected chi connectivity index (χ2v) is 5.94. The zero-order valence-corrected chi connectivity index (χ0v) is 14.1. The summed E-state index contributed by atoms with van der Waals surface area (Å²) in [6, 6.07) is 18.1. The van der Waals surface area contributed by atoms with E-state index >= 15 is 0 Å². The molecule has 0 atom stereocenters. The second-order valence-electron chi connectivity index (χ2n) is 5.94. The summed E-state index contributed by atoms with van der Waals surface area (Å²) in [5.74, 6) is -0.0861. The molecule has 0 aliphatic carbocycles. The van der Waals surface area contributed by atoms with Gasteiger partial charge in [0.05, 0.1) is 12.2 Å². The lowest BCUT2D eigenvalue weighted by Gasteiger charge is -2.19. The van der Waals surface area contributed by atoms with Crippen molar-refractivity contribution in [1.82, 2.24) is 9.47 Å². The molecule has 3 aromatic rings. The van der Waals surface area contributed by atoms with E-state index in [9.17, 15) is 9.90 Å². The topological polar surface area (TPSA) is 45.5 Å². The molecular formula is C21H22N2O2. The van der Waals surface area contributed by atoms with Crippen LogP contribution < -0.4 is 0 Å². The first-order valence-electron chi connectivity index (χ1n) is 8.37. The molecule has 4 nitrogen and oxygen atoms in total. The first-order chi connectivity index (χ1) is 12.2. The normalized spacial score (nSPS) is 10.8. The predicted molar refractivity (Wildman–Crippen MR) is 101 cm³/mol. The Bertz CT molecular complexity index is 868. The lowest BCUT2D eigenvalue weighted by Crippen LogP contribution is -2.33. The van der Waals surface area contributed by atoms with Crippen LogP contribution in [-0.2, 0) is 6.54 Å². The Morgan fingerprint density at radius 3 is 2.56 bits per heavy atom. The van der Waals surface area contributed by atoms with Crippen molar-refractivity contribution in [1.29, 1.82) is 0 Å². The van der Waals surface area contributed by atoms with Crippen molar-refractivity contribution in [3.05, 3.63) is 84.6 Å². The van der Waals surface area contributed by atoms with E-state index in [0.717, 1.165) is 10.9 Å². The zero-order chi connectivity index (χ0) is 17.6. The van der Waals surface area contributed by atoms with Gasteiger partial charge in [-0.15, -0.1) is 6.58 Å². The molecule has 0 aliphatic rings. The van der Waals surface area contributed by atoms with Crippen LogP contribution in [-0.4, -0.2) is 40.2 Å². The maximum Gasteiger partial charge on any atom is 0.256 e. The van der Waals surface area contributed by atoms with Gasteiger partial charge >= 0.3 is 0 Å². The predicted octanol–water partition coefficient (Wildman–Crippen LogP) is 3.31. The van der Waals surface area contributed by atoms with Gasteiger partial charge in [-0.1, -0.05) is 54.6 Å². The molecule has 1 amide bonds. The van der Waals surface area contributed by atoms with Crippen molar-refractivity contribution >= 4 is 16.8 Å². The van der Waals surface area contributed by atoms with Gasteiger partial charge in [0.25, 0.3) is 5.91 Å². The number of aliphatic hydroxyl groups is 1. The molecule has 0 bridgehead atoms. The number of fused-ring (bicyclic) bond motifs is 1. The number of hydrogen-bond acceptors (Lipinski definition) is 2. The van der Waals surface area contributed by atoms with Gasteiger partial charge in [-0.2, -0.15) is 0 Å². The maximum absolute atomic E-state index is 13.0. The summed E-state index contributed by atoms with van der Waals surface area (Å²) < 4.78 is 2.10. The molecule has 0 radical (unpaired) electrons. The van der Waals surface area contributed by atoms with Crippen LogP contribution in [0.2, 0.25) is 0 Å². The Labute approximate surface area is 147 Å². The number of carbonyl (C=O) groups excluding carboxylic acids is 1. The fraction of sp³-hybridized carbons (Fsp3) is 0.190. The van der Waals surface area contributed by atoms with Crippen LogP contribution in [0.25, 0.3) is 10.9 Å². The highest BCUT2D eigenvalue weighted by Crippen LogP contribution is 2.24. The maximum atomic E-state index is 13.0. The van der Waals surface area contributed by atoms with Gasteiger partial charge in [-0.3, -0.25) is 4.79 Å². The molecule has 128 valence electrons. The van der Waals surface area contributed by atoms with Crippen molar-refractivity contribution in [2.75, 3.05) is 19.7 Å². The number of benzene rings is 2. The number of hydrogen-bond donors (Lipinski definition) is 1. The summed E-state index contributed by atoms with van der Waals surface area (Å²) in [7, 11) is 0. The van der Waals surface area contributed by atoms with Gasteiger partial charge in [-0.25, -0.2) is 0 Å². The van der Waals surface area contributed by atoms with Gasteiger partial charge in [-0.05, 0) is 11.6 Å². The van der Waals surface area contributed by atoms with Crippen molar-refractivity contribution in [2.24, 2.45) is 0 Å². The third-order valence-corrected chi connectivity index (χ3v) is 4.22. The molecule has 2 aromatic carbocycles. The minimum absolute atomic E-state index is 0.0672. The molecule has 3 rings (SSSR count). The van der Waals surface area contributed by atoms with E-state index < -0.39 is 0 Å². The first-order valence-corrected chi connectivity index (χ1v) is 8.37. The number of aliphatic hydroxyl groups excluding tert-OH is 1. The molecule has 0 saturated heterocycles. The fourth-order valence-electron chi connectivity index (χ4n) is 3.05. The molecular weight excluding hydrogens is 312 g/mol. The molecule has 1 N–H and O–H groups in total. The number of rotatable bonds is 7. The zero-order valence-electron chi connectivity index (χ0n) is 14.1. The number of para-hydroxylation sites is 1. The van der Waals surface area contributed by atoms with Crippen LogP contribution in [0, 0.1) is 0 Å². The van der Waals surface area contributed by atoms with Crippen LogP contribution in [0.5, 0.6) is 0 Å². The van der Waals surface area contributed by atoms with E-state index in [2.05, 4.69) is 23.3 Å². The van der Waals surface area contributed by atoms with E-state index in [0.29, 0.717) is 25.2 Å². The van der Waals surface area contributed by atoms with Gasteiger partial charge < -0.3 is 14.6 Å². The summed E-state index contributed by atoms with van der Waals surface area (Å²) in [5, 5.41) is 10.2. The van der Waals surface area contributed by atoms with Crippen LogP contribution in [0.1, 0.15) is 15.9 Å². The summed E-state index contributed by atoms with van der Waals surface area (Å²) in [5.41, 5.74) is 2.86. The average molecular weight is 334 g/mol. The average Bonchev–Trinajstić information content (AvgIpc) is 3.00. The number of aromatic nitrogens is 1. The van der Waals surface area contributed by atoms with Crippen LogP contribution in [0.3, 0.4) is 0 Å². The Hall–Kier alpha value is -2.85. The van der Waals surface area contributed by atoms with Gasteiger partial charge in [0.2, 0.25) is 0 Å². The summed E-state index contributed by atoms with van der Waals surface area (Å²) in [6.07, 6.45) is 3.59. The summed E-state index contributed by atoms with van der Waals surface area (Å²) in [4.78, 5) is 14.6. The number of nitrogens with zero attached hydrogens (tertiary/aromatic N) is 2. The fourth-order valence-corrected chi connectivity index (χ4v) is 3.05. The Balaban J connectivity index is 2.01. The highest BCUT2D eigenvalue weighted by Gasteiger charge is 2.19. The van der Waals surface area contributed by atoms with Crippen molar-refractivity contribution in [3.63, 3.8) is 0 Å². The Kier molecular flexibility index (Phi) is 5.31. The second kappa shape index (κ2) is 7.81. The van der Waals surface area contributed by atoms with Gasteiger partial charge in [0, 0.05) is 36.7 Å². The van der Waals surface area contributed by atoms with Crippen molar-refractivity contribution in [3.8, 4) is 0 Å². The Morgan fingerprint density at radius 2 is 1.84 bits per heavy atom. The van der Waals surface area contributed by atoms with E-state index in [4.69, 9.17) is 0 Å². The molecule has 0 spiro atoms. The smallest absolute Gasteiger partial charge is 0.256 e. The van der Waals surface area contributed by atoms with E-state index in [1.165, 1.54) is 5.56 Å². The highest BCUT2D eigenvalue weighted by molar-refractivity contribution is 6.07. The number of amides is 1. The molecule has 25 heavy (non-hydrogen) atoms. The summed E-state index contributed by atoms with van der Waals surface area (Å²) >= 11 is 0. The monoisotopic (exact) mass is 334 g/mol. The van der Waals surface area contributed by atoms with Gasteiger partial charge in [0.15, 0.2) is 0 Å². The third-order valence-electron chi connectivity index (χ3n) is 4.22. The number of carbonyl (C=O) groups is 1. The van der Waals surface area contributed by atoms with E-state index in [1.54, 1.807) is 11.0 Å². The van der Waals surface area contributed by atoms with Gasteiger partial charge in [0.1, 0.15) is 0 Å². The quantitative estimate of drug-likeness (QED) is 0.674. The molecule has 0 unspecified atom stereocenters.